The number of aromatic nitrogens is 2. The molecule has 7 nitrogen and oxygen atoms in total. The highest BCUT2D eigenvalue weighted by Gasteiger charge is 2.45. The van der Waals surface area contributed by atoms with Gasteiger partial charge < -0.3 is 10.3 Å². The lowest BCUT2D eigenvalue weighted by molar-refractivity contribution is -0.123. The zero-order chi connectivity index (χ0) is 13.6. The Labute approximate surface area is 111 Å². The van der Waals surface area contributed by atoms with E-state index in [0.29, 0.717) is 25.3 Å². The van der Waals surface area contributed by atoms with Crippen molar-refractivity contribution in [3.05, 3.63) is 12.0 Å². The number of rotatable bonds is 2. The standard InChI is InChI=1S/C11H16N4O3S/c1-7-12-6-10(14-7)19(17,18)15-4-2-3-8-9(15)5-13-11(8)16/h6,8-9H,2-5H2,1H3,(H,12,14)(H,13,16). The van der Waals surface area contributed by atoms with Crippen LogP contribution in [0.2, 0.25) is 0 Å². The van der Waals surface area contributed by atoms with Gasteiger partial charge >= 0.3 is 0 Å². The largest absolute Gasteiger partial charge is 0.354 e. The van der Waals surface area contributed by atoms with Crippen molar-refractivity contribution in [3.63, 3.8) is 0 Å². The first-order valence-corrected chi connectivity index (χ1v) is 7.75. The van der Waals surface area contributed by atoms with Crippen LogP contribution in [0.15, 0.2) is 11.2 Å². The van der Waals surface area contributed by atoms with E-state index in [0.717, 1.165) is 6.42 Å². The molecule has 0 bridgehead atoms. The first kappa shape index (κ1) is 12.6. The number of hydrogen-bond donors (Lipinski definition) is 2. The van der Waals surface area contributed by atoms with Gasteiger partial charge in [0.25, 0.3) is 10.0 Å². The van der Waals surface area contributed by atoms with Crippen LogP contribution in [0.1, 0.15) is 18.7 Å². The fraction of sp³-hybridized carbons (Fsp3) is 0.636. The minimum absolute atomic E-state index is 0.0364. The molecule has 8 heteroatoms. The molecule has 0 aromatic carbocycles. The van der Waals surface area contributed by atoms with Crippen LogP contribution in [0.25, 0.3) is 0 Å². The van der Waals surface area contributed by atoms with Crippen LogP contribution >= 0.6 is 0 Å². The number of imidazole rings is 1. The van der Waals surface area contributed by atoms with Crippen LogP contribution in [0.5, 0.6) is 0 Å². The molecule has 104 valence electrons. The number of nitrogens with one attached hydrogen (secondary N) is 2. The normalized spacial score (nSPS) is 28.2. The van der Waals surface area contributed by atoms with E-state index in [4.69, 9.17) is 0 Å². The summed E-state index contributed by atoms with van der Waals surface area (Å²) in [4.78, 5) is 18.4. The Hall–Kier alpha value is -1.41. The molecule has 19 heavy (non-hydrogen) atoms. The summed E-state index contributed by atoms with van der Waals surface area (Å²) in [6.07, 6.45) is 2.80. The third-order valence-electron chi connectivity index (χ3n) is 3.82. The molecule has 2 unspecified atom stereocenters. The first-order valence-electron chi connectivity index (χ1n) is 6.31. The molecule has 2 saturated heterocycles. The average molecular weight is 284 g/mol. The second-order valence-corrected chi connectivity index (χ2v) is 6.87. The monoisotopic (exact) mass is 284 g/mol. The quantitative estimate of drug-likeness (QED) is 0.773. The van der Waals surface area contributed by atoms with Gasteiger partial charge in [0, 0.05) is 13.1 Å². The van der Waals surface area contributed by atoms with Crippen LogP contribution in [-0.4, -0.2) is 47.7 Å². The van der Waals surface area contributed by atoms with E-state index >= 15 is 0 Å². The average Bonchev–Trinajstić information content (AvgIpc) is 2.97. The number of carbonyl (C=O) groups is 1. The molecule has 1 aromatic heterocycles. The smallest absolute Gasteiger partial charge is 0.260 e. The molecule has 0 saturated carbocycles. The Kier molecular flexibility index (Phi) is 2.86. The Morgan fingerprint density at radius 3 is 2.95 bits per heavy atom. The van der Waals surface area contributed by atoms with Crippen molar-refractivity contribution in [1.29, 1.82) is 0 Å². The highest BCUT2D eigenvalue weighted by Crippen LogP contribution is 2.31. The van der Waals surface area contributed by atoms with Crippen LogP contribution < -0.4 is 5.32 Å². The van der Waals surface area contributed by atoms with Gasteiger partial charge in [0.1, 0.15) is 5.82 Å². The maximum atomic E-state index is 12.6. The Bertz CT molecular complexity index is 609. The van der Waals surface area contributed by atoms with E-state index in [1.165, 1.54) is 10.5 Å². The fourth-order valence-corrected chi connectivity index (χ4v) is 4.53. The van der Waals surface area contributed by atoms with Crippen molar-refractivity contribution >= 4 is 15.9 Å². The van der Waals surface area contributed by atoms with Crippen LogP contribution in [0.3, 0.4) is 0 Å². The van der Waals surface area contributed by atoms with Gasteiger partial charge in [0.15, 0.2) is 5.03 Å². The minimum Gasteiger partial charge on any atom is -0.354 e. The summed E-state index contributed by atoms with van der Waals surface area (Å²) in [5.41, 5.74) is 0. The summed E-state index contributed by atoms with van der Waals surface area (Å²) < 4.78 is 26.6. The highest BCUT2D eigenvalue weighted by molar-refractivity contribution is 7.89. The van der Waals surface area contributed by atoms with E-state index < -0.39 is 10.0 Å². The maximum absolute atomic E-state index is 12.6. The first-order chi connectivity index (χ1) is 9.00. The number of fused-ring (bicyclic) bond motifs is 1. The third kappa shape index (κ3) is 1.95. The summed E-state index contributed by atoms with van der Waals surface area (Å²) >= 11 is 0. The lowest BCUT2D eigenvalue weighted by Crippen LogP contribution is -2.48. The highest BCUT2D eigenvalue weighted by atomic mass is 32.2. The fourth-order valence-electron chi connectivity index (χ4n) is 2.87. The number of carbonyl (C=O) groups excluding carboxylic acids is 1. The van der Waals surface area contributed by atoms with Gasteiger partial charge in [0.05, 0.1) is 18.2 Å². The molecule has 3 rings (SSSR count). The molecule has 2 aliphatic heterocycles. The molecule has 2 aliphatic rings. The zero-order valence-electron chi connectivity index (χ0n) is 10.6. The second-order valence-electron chi connectivity index (χ2n) is 5.01. The number of amides is 1. The zero-order valence-corrected chi connectivity index (χ0v) is 11.4. The summed E-state index contributed by atoms with van der Waals surface area (Å²) in [6, 6.07) is -0.269. The number of aromatic amines is 1. The molecule has 0 radical (unpaired) electrons. The number of aryl methyl sites for hydroxylation is 1. The van der Waals surface area contributed by atoms with Gasteiger partial charge in [-0.05, 0) is 19.8 Å². The third-order valence-corrected chi connectivity index (χ3v) is 5.65. The molecule has 2 atom stereocenters. The van der Waals surface area contributed by atoms with E-state index in [2.05, 4.69) is 15.3 Å². The van der Waals surface area contributed by atoms with Gasteiger partial charge in [0.2, 0.25) is 5.91 Å². The van der Waals surface area contributed by atoms with E-state index in [9.17, 15) is 13.2 Å². The van der Waals surface area contributed by atoms with Crippen molar-refractivity contribution < 1.29 is 13.2 Å². The molecule has 1 amide bonds. The summed E-state index contributed by atoms with van der Waals surface area (Å²) in [7, 11) is -3.60. The number of sulfonamides is 1. The van der Waals surface area contributed by atoms with Crippen molar-refractivity contribution in [3.8, 4) is 0 Å². The molecule has 2 N–H and O–H groups in total. The molecule has 3 heterocycles. The van der Waals surface area contributed by atoms with Crippen LogP contribution in [0, 0.1) is 12.8 Å². The Morgan fingerprint density at radius 1 is 1.47 bits per heavy atom. The van der Waals surface area contributed by atoms with Crippen LogP contribution in [-0.2, 0) is 14.8 Å². The maximum Gasteiger partial charge on any atom is 0.260 e. The second kappa shape index (κ2) is 4.31. The molecule has 2 fully saturated rings. The summed E-state index contributed by atoms with van der Waals surface area (Å²) in [5, 5.41) is 2.85. The predicted octanol–water partition coefficient (Wildman–Crippen LogP) is -0.383. The lowest BCUT2D eigenvalue weighted by atomic mass is 9.93. The molecular weight excluding hydrogens is 268 g/mol. The molecule has 0 spiro atoms. The van der Waals surface area contributed by atoms with Crippen molar-refractivity contribution in [2.45, 2.75) is 30.8 Å². The molecular formula is C11H16N4O3S. The Morgan fingerprint density at radius 2 is 2.26 bits per heavy atom. The van der Waals surface area contributed by atoms with E-state index in [1.807, 2.05) is 0 Å². The number of piperidine rings is 1. The van der Waals surface area contributed by atoms with Crippen molar-refractivity contribution in [2.24, 2.45) is 5.92 Å². The minimum atomic E-state index is -3.60. The van der Waals surface area contributed by atoms with Crippen molar-refractivity contribution in [2.75, 3.05) is 13.1 Å². The van der Waals surface area contributed by atoms with Crippen LogP contribution in [0.4, 0.5) is 0 Å². The van der Waals surface area contributed by atoms with E-state index in [1.54, 1.807) is 6.92 Å². The topological polar surface area (TPSA) is 95.2 Å². The summed E-state index contributed by atoms with van der Waals surface area (Å²) in [5.74, 6) is 0.311. The predicted molar refractivity (Wildman–Crippen MR) is 66.7 cm³/mol. The number of nitrogens with zero attached hydrogens (tertiary/aromatic N) is 2. The Balaban J connectivity index is 1.95. The van der Waals surface area contributed by atoms with Gasteiger partial charge in [-0.1, -0.05) is 0 Å². The number of H-pyrrole nitrogens is 1. The number of hydrogen-bond acceptors (Lipinski definition) is 4. The summed E-state index contributed by atoms with van der Waals surface area (Å²) in [6.45, 7) is 2.56. The molecule has 1 aromatic rings. The van der Waals surface area contributed by atoms with Gasteiger partial charge in [-0.3, -0.25) is 4.79 Å². The van der Waals surface area contributed by atoms with Gasteiger partial charge in [-0.2, -0.15) is 4.31 Å². The van der Waals surface area contributed by atoms with Gasteiger partial charge in [-0.25, -0.2) is 13.4 Å². The van der Waals surface area contributed by atoms with Crippen molar-refractivity contribution in [1.82, 2.24) is 19.6 Å². The lowest BCUT2D eigenvalue weighted by Gasteiger charge is -2.34. The SMILES string of the molecule is Cc1ncc(S(=O)(=O)N2CCCC3C(=O)NCC32)[nH]1. The van der Waals surface area contributed by atoms with E-state index in [-0.39, 0.29) is 22.9 Å². The van der Waals surface area contributed by atoms with Gasteiger partial charge in [-0.15, -0.1) is 0 Å². The molecule has 0 aliphatic carbocycles.